The van der Waals surface area contributed by atoms with Crippen LogP contribution in [0.1, 0.15) is 33.6 Å². The molecule has 0 spiro atoms. The van der Waals surface area contributed by atoms with Gasteiger partial charge < -0.3 is 5.32 Å². The molecule has 0 aliphatic carbocycles. The SMILES string of the molecule is CC1CCCNC1CN1C(=O)C(C)(C)S1(=O)=O. The van der Waals surface area contributed by atoms with Crippen molar-refractivity contribution < 1.29 is 13.2 Å². The monoisotopic (exact) mass is 260 g/mol. The van der Waals surface area contributed by atoms with Crippen LogP contribution in [0.2, 0.25) is 0 Å². The van der Waals surface area contributed by atoms with E-state index in [4.69, 9.17) is 0 Å². The van der Waals surface area contributed by atoms with E-state index in [0.717, 1.165) is 23.7 Å². The largest absolute Gasteiger partial charge is 0.312 e. The number of hydrogen-bond donors (Lipinski definition) is 1. The van der Waals surface area contributed by atoms with Crippen molar-refractivity contribution in [2.24, 2.45) is 5.92 Å². The number of carbonyl (C=O) groups excluding carboxylic acids is 1. The first-order valence-electron chi connectivity index (χ1n) is 6.08. The lowest BCUT2D eigenvalue weighted by molar-refractivity contribution is -0.132. The second-order valence-electron chi connectivity index (χ2n) is 5.53. The predicted octanol–water partition coefficient (Wildman–Crippen LogP) is 0.325. The minimum atomic E-state index is -3.43. The lowest BCUT2D eigenvalue weighted by atomic mass is 9.92. The molecule has 2 unspecified atom stereocenters. The molecule has 0 saturated carbocycles. The Hall–Kier alpha value is -0.620. The maximum absolute atomic E-state index is 11.9. The number of piperidine rings is 1. The predicted molar refractivity (Wildman–Crippen MR) is 64.9 cm³/mol. The zero-order valence-corrected chi connectivity index (χ0v) is 11.4. The molecule has 2 saturated heterocycles. The van der Waals surface area contributed by atoms with E-state index in [1.807, 2.05) is 0 Å². The Morgan fingerprint density at radius 3 is 2.65 bits per heavy atom. The van der Waals surface area contributed by atoms with Gasteiger partial charge >= 0.3 is 0 Å². The molecule has 2 rings (SSSR count). The molecule has 0 radical (unpaired) electrons. The first-order valence-corrected chi connectivity index (χ1v) is 7.52. The summed E-state index contributed by atoms with van der Waals surface area (Å²) in [5.41, 5.74) is 0. The van der Waals surface area contributed by atoms with E-state index in [-0.39, 0.29) is 18.5 Å². The van der Waals surface area contributed by atoms with E-state index in [1.54, 1.807) is 0 Å². The molecule has 98 valence electrons. The van der Waals surface area contributed by atoms with Gasteiger partial charge in [-0.1, -0.05) is 6.92 Å². The fraction of sp³-hybridized carbons (Fsp3) is 0.909. The lowest BCUT2D eigenvalue weighted by Gasteiger charge is -2.45. The van der Waals surface area contributed by atoms with E-state index in [2.05, 4.69) is 12.2 Å². The Kier molecular flexibility index (Phi) is 2.98. The van der Waals surface area contributed by atoms with E-state index < -0.39 is 14.8 Å². The number of nitrogens with one attached hydrogen (secondary N) is 1. The van der Waals surface area contributed by atoms with Crippen LogP contribution in [0.5, 0.6) is 0 Å². The zero-order chi connectivity index (χ0) is 12.8. The van der Waals surface area contributed by atoms with E-state index in [0.29, 0.717) is 5.92 Å². The molecule has 17 heavy (non-hydrogen) atoms. The fourth-order valence-electron chi connectivity index (χ4n) is 2.47. The van der Waals surface area contributed by atoms with E-state index >= 15 is 0 Å². The van der Waals surface area contributed by atoms with Crippen molar-refractivity contribution in [2.75, 3.05) is 13.1 Å². The minimum Gasteiger partial charge on any atom is -0.312 e. The van der Waals surface area contributed by atoms with Gasteiger partial charge in [0.25, 0.3) is 15.9 Å². The summed E-state index contributed by atoms with van der Waals surface area (Å²) in [6.45, 7) is 6.23. The summed E-state index contributed by atoms with van der Waals surface area (Å²) in [6.07, 6.45) is 2.20. The topological polar surface area (TPSA) is 66.5 Å². The first kappa shape index (κ1) is 12.8. The Morgan fingerprint density at radius 2 is 2.12 bits per heavy atom. The third kappa shape index (κ3) is 1.78. The minimum absolute atomic E-state index is 0.0959. The summed E-state index contributed by atoms with van der Waals surface area (Å²) >= 11 is 0. The van der Waals surface area contributed by atoms with Crippen molar-refractivity contribution in [1.29, 1.82) is 0 Å². The molecular formula is C11H20N2O3S. The Morgan fingerprint density at radius 1 is 1.47 bits per heavy atom. The molecule has 2 aliphatic rings. The van der Waals surface area contributed by atoms with Gasteiger partial charge in [-0.3, -0.25) is 4.79 Å². The highest BCUT2D eigenvalue weighted by atomic mass is 32.2. The smallest absolute Gasteiger partial charge is 0.258 e. The molecule has 2 atom stereocenters. The fourth-order valence-corrected chi connectivity index (χ4v) is 4.03. The van der Waals surface area contributed by atoms with Crippen LogP contribution in [0.25, 0.3) is 0 Å². The van der Waals surface area contributed by atoms with Gasteiger partial charge in [-0.15, -0.1) is 0 Å². The van der Waals surface area contributed by atoms with Crippen LogP contribution in [-0.2, 0) is 14.8 Å². The Labute approximate surface area is 103 Å². The molecule has 0 aromatic rings. The van der Waals surface area contributed by atoms with Gasteiger partial charge in [-0.2, -0.15) is 0 Å². The number of hydrogen-bond acceptors (Lipinski definition) is 4. The number of sulfonamides is 1. The quantitative estimate of drug-likeness (QED) is 0.777. The van der Waals surface area contributed by atoms with Crippen molar-refractivity contribution in [2.45, 2.75) is 44.4 Å². The number of nitrogens with zero attached hydrogens (tertiary/aromatic N) is 1. The van der Waals surface area contributed by atoms with Gasteiger partial charge in [0.15, 0.2) is 4.75 Å². The van der Waals surface area contributed by atoms with Crippen molar-refractivity contribution in [3.63, 3.8) is 0 Å². The van der Waals surface area contributed by atoms with Gasteiger partial charge in [0.1, 0.15) is 0 Å². The molecular weight excluding hydrogens is 240 g/mol. The number of carbonyl (C=O) groups is 1. The lowest BCUT2D eigenvalue weighted by Crippen LogP contribution is -2.69. The van der Waals surface area contributed by atoms with Crippen molar-refractivity contribution in [3.8, 4) is 0 Å². The van der Waals surface area contributed by atoms with Gasteiger partial charge in [0.2, 0.25) is 0 Å². The zero-order valence-electron chi connectivity index (χ0n) is 10.6. The second-order valence-corrected chi connectivity index (χ2v) is 7.94. The average Bonchev–Trinajstić information content (AvgIpc) is 2.26. The van der Waals surface area contributed by atoms with Crippen molar-refractivity contribution in [3.05, 3.63) is 0 Å². The highest BCUT2D eigenvalue weighted by Crippen LogP contribution is 2.35. The second kappa shape index (κ2) is 3.95. The summed E-state index contributed by atoms with van der Waals surface area (Å²) in [5.74, 6) is 0.132. The summed E-state index contributed by atoms with van der Waals surface area (Å²) < 4.78 is 23.7. The van der Waals surface area contributed by atoms with Gasteiger partial charge in [-0.05, 0) is 39.2 Å². The van der Waals surface area contributed by atoms with Crippen LogP contribution in [0.15, 0.2) is 0 Å². The van der Waals surface area contributed by atoms with E-state index in [1.165, 1.54) is 13.8 Å². The summed E-state index contributed by atoms with van der Waals surface area (Å²) in [6, 6.07) is 0.0959. The highest BCUT2D eigenvalue weighted by molar-refractivity contribution is 7.94. The third-order valence-electron chi connectivity index (χ3n) is 3.97. The van der Waals surface area contributed by atoms with Crippen LogP contribution >= 0.6 is 0 Å². The summed E-state index contributed by atoms with van der Waals surface area (Å²) in [7, 11) is -3.43. The van der Waals surface area contributed by atoms with Gasteiger partial charge in [0.05, 0.1) is 6.54 Å². The van der Waals surface area contributed by atoms with Crippen LogP contribution in [-0.4, -0.2) is 42.5 Å². The summed E-state index contributed by atoms with van der Waals surface area (Å²) in [5, 5.41) is 3.30. The molecule has 1 amide bonds. The molecule has 2 heterocycles. The molecule has 0 aromatic heterocycles. The Balaban J connectivity index is 2.08. The van der Waals surface area contributed by atoms with Gasteiger partial charge in [0, 0.05) is 6.04 Å². The first-order chi connectivity index (χ1) is 7.78. The molecule has 2 fully saturated rings. The number of rotatable bonds is 2. The summed E-state index contributed by atoms with van der Waals surface area (Å²) in [4.78, 5) is 11.8. The third-order valence-corrected chi connectivity index (χ3v) is 6.33. The average molecular weight is 260 g/mol. The van der Waals surface area contributed by atoms with Crippen LogP contribution in [0.3, 0.4) is 0 Å². The number of amides is 1. The van der Waals surface area contributed by atoms with Gasteiger partial charge in [-0.25, -0.2) is 12.7 Å². The Bertz CT molecular complexity index is 430. The van der Waals surface area contributed by atoms with Crippen LogP contribution < -0.4 is 5.32 Å². The molecule has 0 aromatic carbocycles. The van der Waals surface area contributed by atoms with Crippen molar-refractivity contribution in [1.82, 2.24) is 9.62 Å². The molecule has 5 nitrogen and oxygen atoms in total. The van der Waals surface area contributed by atoms with Crippen LogP contribution in [0.4, 0.5) is 0 Å². The normalized spacial score (nSPS) is 35.5. The molecule has 0 bridgehead atoms. The standard InChI is InChI=1S/C11H20N2O3S/c1-8-5-4-6-12-9(8)7-13-10(14)11(2,3)17(13,15)16/h8-9,12H,4-7H2,1-3H3. The van der Waals surface area contributed by atoms with Crippen LogP contribution in [0, 0.1) is 5.92 Å². The van der Waals surface area contributed by atoms with Crippen molar-refractivity contribution >= 4 is 15.9 Å². The molecule has 1 N–H and O–H groups in total. The maximum atomic E-state index is 11.9. The maximum Gasteiger partial charge on any atom is 0.258 e. The molecule has 6 heteroatoms. The van der Waals surface area contributed by atoms with E-state index in [9.17, 15) is 13.2 Å². The molecule has 2 aliphatic heterocycles. The highest BCUT2D eigenvalue weighted by Gasteiger charge is 2.60.